The van der Waals surface area contributed by atoms with Gasteiger partial charge in [0.05, 0.1) is 6.04 Å². The molecule has 0 aromatic carbocycles. The van der Waals surface area contributed by atoms with Crippen LogP contribution in [0.3, 0.4) is 0 Å². The highest BCUT2D eigenvalue weighted by Gasteiger charge is 2.11. The van der Waals surface area contributed by atoms with Crippen LogP contribution < -0.4 is 10.6 Å². The Kier molecular flexibility index (Phi) is 7.50. The first-order chi connectivity index (χ1) is 8.63. The lowest BCUT2D eigenvalue weighted by Crippen LogP contribution is -2.42. The normalized spacial score (nSPS) is 12.4. The lowest BCUT2D eigenvalue weighted by atomic mass is 10.3. The van der Waals surface area contributed by atoms with Gasteiger partial charge >= 0.3 is 0 Å². The number of carbonyl (C=O) groups excluding carboxylic acids is 1. The maximum absolute atomic E-state index is 11.7. The van der Waals surface area contributed by atoms with Gasteiger partial charge in [0.1, 0.15) is 0 Å². The molecular weight excluding hydrogens is 316 g/mol. The van der Waals surface area contributed by atoms with Gasteiger partial charge in [0.2, 0.25) is 5.91 Å². The summed E-state index contributed by atoms with van der Waals surface area (Å²) in [6, 6.07) is 1.87. The summed E-state index contributed by atoms with van der Waals surface area (Å²) in [5.41, 5.74) is 0. The van der Waals surface area contributed by atoms with Crippen molar-refractivity contribution in [3.05, 3.63) is 20.8 Å². The van der Waals surface area contributed by atoms with Crippen LogP contribution in [-0.4, -0.2) is 32.2 Å². The number of nitrogens with one attached hydrogen (secondary N) is 2. The third kappa shape index (κ3) is 5.95. The van der Waals surface area contributed by atoms with Crippen molar-refractivity contribution in [2.45, 2.75) is 25.9 Å². The van der Waals surface area contributed by atoms with Crippen LogP contribution in [-0.2, 0) is 16.1 Å². The van der Waals surface area contributed by atoms with Crippen LogP contribution >= 0.6 is 27.3 Å². The van der Waals surface area contributed by atoms with Crippen LogP contribution in [0.15, 0.2) is 15.9 Å². The Labute approximate surface area is 120 Å². The van der Waals surface area contributed by atoms with Gasteiger partial charge in [0, 0.05) is 41.5 Å². The van der Waals surface area contributed by atoms with E-state index >= 15 is 0 Å². The van der Waals surface area contributed by atoms with Gasteiger partial charge < -0.3 is 15.4 Å². The predicted molar refractivity (Wildman–Crippen MR) is 77.8 cm³/mol. The van der Waals surface area contributed by atoms with E-state index in [4.69, 9.17) is 4.74 Å². The van der Waals surface area contributed by atoms with E-state index in [1.807, 2.05) is 12.3 Å². The fraction of sp³-hybridized carbons (Fsp3) is 0.583. The van der Waals surface area contributed by atoms with E-state index in [0.29, 0.717) is 19.7 Å². The minimum atomic E-state index is -0.187. The fourth-order valence-electron chi connectivity index (χ4n) is 1.37. The third-order valence-corrected chi connectivity index (χ3v) is 4.12. The number of amides is 1. The Morgan fingerprint density at radius 1 is 1.61 bits per heavy atom. The smallest absolute Gasteiger partial charge is 0.236 e. The highest BCUT2D eigenvalue weighted by atomic mass is 79.9. The van der Waals surface area contributed by atoms with Crippen LogP contribution in [0.2, 0.25) is 0 Å². The summed E-state index contributed by atoms with van der Waals surface area (Å²) >= 11 is 5.08. The summed E-state index contributed by atoms with van der Waals surface area (Å²) in [6.07, 6.45) is 0.840. The highest BCUT2D eigenvalue weighted by Crippen LogP contribution is 2.19. The quantitative estimate of drug-likeness (QED) is 0.716. The van der Waals surface area contributed by atoms with Crippen molar-refractivity contribution in [3.63, 3.8) is 0 Å². The molecule has 0 fully saturated rings. The van der Waals surface area contributed by atoms with E-state index in [1.54, 1.807) is 18.4 Å². The number of methoxy groups -OCH3 is 1. The molecule has 0 saturated carbocycles. The number of ether oxygens (including phenoxy) is 1. The zero-order valence-corrected chi connectivity index (χ0v) is 13.1. The summed E-state index contributed by atoms with van der Waals surface area (Å²) < 4.78 is 6.01. The number of rotatable bonds is 8. The second-order valence-corrected chi connectivity index (χ2v) is 5.88. The summed E-state index contributed by atoms with van der Waals surface area (Å²) in [7, 11) is 1.66. The first-order valence-electron chi connectivity index (χ1n) is 5.86. The van der Waals surface area contributed by atoms with Gasteiger partial charge in [0.25, 0.3) is 0 Å². The van der Waals surface area contributed by atoms with Crippen molar-refractivity contribution in [3.8, 4) is 0 Å². The molecule has 1 rings (SSSR count). The van der Waals surface area contributed by atoms with Crippen LogP contribution in [0.25, 0.3) is 0 Å². The Bertz CT molecular complexity index is 371. The van der Waals surface area contributed by atoms with Crippen molar-refractivity contribution in [1.82, 2.24) is 10.6 Å². The molecule has 1 aromatic rings. The maximum Gasteiger partial charge on any atom is 0.236 e. The van der Waals surface area contributed by atoms with E-state index in [0.717, 1.165) is 10.9 Å². The molecule has 1 aromatic heterocycles. The van der Waals surface area contributed by atoms with E-state index < -0.39 is 0 Å². The second-order valence-electron chi connectivity index (χ2n) is 3.97. The van der Waals surface area contributed by atoms with Crippen molar-refractivity contribution >= 4 is 33.2 Å². The van der Waals surface area contributed by atoms with Crippen LogP contribution in [0.1, 0.15) is 18.2 Å². The summed E-state index contributed by atoms with van der Waals surface area (Å²) in [4.78, 5) is 12.9. The first-order valence-corrected chi connectivity index (χ1v) is 7.53. The van der Waals surface area contributed by atoms with Crippen LogP contribution in [0.4, 0.5) is 0 Å². The monoisotopic (exact) mass is 334 g/mol. The van der Waals surface area contributed by atoms with Gasteiger partial charge in [-0.25, -0.2) is 0 Å². The number of hydrogen-bond acceptors (Lipinski definition) is 4. The largest absolute Gasteiger partial charge is 0.385 e. The van der Waals surface area contributed by atoms with Gasteiger partial charge in [-0.05, 0) is 35.3 Å². The van der Waals surface area contributed by atoms with Crippen molar-refractivity contribution in [1.29, 1.82) is 0 Å². The predicted octanol–water partition coefficient (Wildman–Crippen LogP) is 2.14. The Morgan fingerprint density at radius 3 is 3.00 bits per heavy atom. The number of carbonyl (C=O) groups is 1. The summed E-state index contributed by atoms with van der Waals surface area (Å²) in [5, 5.41) is 8.10. The van der Waals surface area contributed by atoms with E-state index in [2.05, 4.69) is 32.6 Å². The standard InChI is InChI=1S/C12H19BrN2O2S/c1-9(12(16)14-4-3-5-17-2)15-7-11-6-10(13)8-18-11/h6,8-9,15H,3-5,7H2,1-2H3,(H,14,16). The van der Waals surface area contributed by atoms with E-state index in [9.17, 15) is 4.79 Å². The second kappa shape index (κ2) is 8.63. The van der Waals surface area contributed by atoms with E-state index in [-0.39, 0.29) is 11.9 Å². The average molecular weight is 335 g/mol. The van der Waals surface area contributed by atoms with Crippen LogP contribution in [0.5, 0.6) is 0 Å². The number of thiophene rings is 1. The molecule has 0 saturated heterocycles. The molecule has 6 heteroatoms. The molecule has 18 heavy (non-hydrogen) atoms. The Hall–Kier alpha value is -0.430. The molecule has 0 spiro atoms. The molecule has 1 heterocycles. The highest BCUT2D eigenvalue weighted by molar-refractivity contribution is 9.10. The Balaban J connectivity index is 2.19. The van der Waals surface area contributed by atoms with Gasteiger partial charge in [-0.2, -0.15) is 0 Å². The molecule has 0 bridgehead atoms. The van der Waals surface area contributed by atoms with Crippen LogP contribution in [0, 0.1) is 0 Å². The van der Waals surface area contributed by atoms with Crippen molar-refractivity contribution in [2.75, 3.05) is 20.3 Å². The van der Waals surface area contributed by atoms with Crippen molar-refractivity contribution < 1.29 is 9.53 Å². The average Bonchev–Trinajstić information content (AvgIpc) is 2.77. The fourth-order valence-corrected chi connectivity index (χ4v) is 2.78. The lowest BCUT2D eigenvalue weighted by Gasteiger charge is -2.13. The molecule has 0 aliphatic carbocycles. The summed E-state index contributed by atoms with van der Waals surface area (Å²) in [5.74, 6) is 0.0294. The Morgan fingerprint density at radius 2 is 2.39 bits per heavy atom. The topological polar surface area (TPSA) is 50.4 Å². The molecule has 2 N–H and O–H groups in total. The molecular formula is C12H19BrN2O2S. The van der Waals surface area contributed by atoms with Gasteiger partial charge in [-0.15, -0.1) is 11.3 Å². The zero-order chi connectivity index (χ0) is 13.4. The molecule has 1 amide bonds. The maximum atomic E-state index is 11.7. The SMILES string of the molecule is COCCCNC(=O)C(C)NCc1cc(Br)cs1. The van der Waals surface area contributed by atoms with E-state index in [1.165, 1.54) is 4.88 Å². The van der Waals surface area contributed by atoms with Gasteiger partial charge in [0.15, 0.2) is 0 Å². The number of halogens is 1. The summed E-state index contributed by atoms with van der Waals surface area (Å²) in [6.45, 7) is 3.91. The minimum Gasteiger partial charge on any atom is -0.385 e. The van der Waals surface area contributed by atoms with Gasteiger partial charge in [-0.1, -0.05) is 0 Å². The molecule has 0 aliphatic rings. The minimum absolute atomic E-state index is 0.0294. The molecule has 102 valence electrons. The molecule has 1 atom stereocenters. The number of hydrogen-bond donors (Lipinski definition) is 2. The molecule has 0 radical (unpaired) electrons. The molecule has 0 aliphatic heterocycles. The van der Waals surface area contributed by atoms with Crippen molar-refractivity contribution in [2.24, 2.45) is 0 Å². The zero-order valence-electron chi connectivity index (χ0n) is 10.7. The first kappa shape index (κ1) is 15.6. The van der Waals surface area contributed by atoms with Gasteiger partial charge in [-0.3, -0.25) is 4.79 Å². The lowest BCUT2D eigenvalue weighted by molar-refractivity contribution is -0.122. The molecule has 4 nitrogen and oxygen atoms in total. The molecule has 1 unspecified atom stereocenters. The third-order valence-electron chi connectivity index (χ3n) is 2.42.